The van der Waals surface area contributed by atoms with Gasteiger partial charge in [-0.1, -0.05) is 60.7 Å². The normalized spacial score (nSPS) is 11.7. The van der Waals surface area contributed by atoms with Gasteiger partial charge in [0.2, 0.25) is 5.71 Å². The third-order valence-corrected chi connectivity index (χ3v) is 5.88. The molecule has 7 heteroatoms. The van der Waals surface area contributed by atoms with Gasteiger partial charge in [-0.2, -0.15) is 0 Å². The molecule has 0 aliphatic carbocycles. The predicted molar refractivity (Wildman–Crippen MR) is 111 cm³/mol. The van der Waals surface area contributed by atoms with Crippen LogP contribution in [0.4, 0.5) is 0 Å². The van der Waals surface area contributed by atoms with Crippen molar-refractivity contribution in [2.75, 3.05) is 0 Å². The van der Waals surface area contributed by atoms with Gasteiger partial charge in [0.05, 0.1) is 5.39 Å². The molecule has 0 saturated carbocycles. The predicted octanol–water partition coefficient (Wildman–Crippen LogP) is 4.94. The molecule has 2 N–H and O–H groups in total. The van der Waals surface area contributed by atoms with E-state index in [0.29, 0.717) is 16.8 Å². The molecule has 0 radical (unpaired) electrons. The summed E-state index contributed by atoms with van der Waals surface area (Å²) in [7, 11) is 0. The lowest BCUT2D eigenvalue weighted by atomic mass is 9.97. The van der Waals surface area contributed by atoms with Gasteiger partial charge in [-0.25, -0.2) is 4.79 Å². The molecule has 0 aliphatic heterocycles. The number of aromatic amines is 2. The Morgan fingerprint density at radius 2 is 1.57 bits per heavy atom. The number of furan rings is 1. The van der Waals surface area contributed by atoms with Crippen molar-refractivity contribution in [1.29, 1.82) is 0 Å². The van der Waals surface area contributed by atoms with Gasteiger partial charge in [-0.05, 0) is 5.56 Å². The van der Waals surface area contributed by atoms with Gasteiger partial charge in [0.15, 0.2) is 10.4 Å². The van der Waals surface area contributed by atoms with Gasteiger partial charge < -0.3 is 9.40 Å². The summed E-state index contributed by atoms with van der Waals surface area (Å²) in [6, 6.07) is 20.1. The highest BCUT2D eigenvalue weighted by Gasteiger charge is 2.23. The quantitative estimate of drug-likeness (QED) is 0.443. The Morgan fingerprint density at radius 1 is 0.857 bits per heavy atom. The number of hydrogen-bond acceptors (Lipinski definition) is 5. The number of H-pyrrole nitrogens is 2. The first-order valence-corrected chi connectivity index (χ1v) is 9.56. The van der Waals surface area contributed by atoms with Crippen LogP contribution in [0, 0.1) is 0 Å². The molecule has 0 bridgehead atoms. The van der Waals surface area contributed by atoms with Gasteiger partial charge in [-0.15, -0.1) is 21.5 Å². The van der Waals surface area contributed by atoms with Crippen LogP contribution in [0.3, 0.4) is 0 Å². The van der Waals surface area contributed by atoms with E-state index in [9.17, 15) is 4.79 Å². The van der Waals surface area contributed by atoms with E-state index in [4.69, 9.17) is 4.42 Å². The number of fused-ring (bicyclic) bond motifs is 5. The Kier molecular flexibility index (Phi) is 3.09. The molecular weight excluding hydrogens is 372 g/mol. The molecule has 6 rings (SSSR count). The molecule has 4 heterocycles. The SMILES string of the molecule is O=c1[nH]c2oc3c(sc4nnc(-c5ccccc5)c(-c5ccccc5)c43)c2[nH]1. The molecule has 0 aliphatic rings. The lowest BCUT2D eigenvalue weighted by Gasteiger charge is -2.10. The van der Waals surface area contributed by atoms with Crippen molar-refractivity contribution in [3.63, 3.8) is 0 Å². The van der Waals surface area contributed by atoms with Crippen molar-refractivity contribution >= 4 is 43.1 Å². The summed E-state index contributed by atoms with van der Waals surface area (Å²) in [5, 5.41) is 9.93. The van der Waals surface area contributed by atoms with Crippen LogP contribution >= 0.6 is 11.3 Å². The molecule has 28 heavy (non-hydrogen) atoms. The molecule has 4 aromatic heterocycles. The molecule has 134 valence electrons. The van der Waals surface area contributed by atoms with Crippen molar-refractivity contribution in [2.45, 2.75) is 0 Å². The minimum Gasteiger partial charge on any atom is -0.436 e. The largest absolute Gasteiger partial charge is 0.436 e. The Bertz CT molecular complexity index is 1520. The number of nitrogens with one attached hydrogen (secondary N) is 2. The average Bonchev–Trinajstić information content (AvgIpc) is 3.37. The lowest BCUT2D eigenvalue weighted by Crippen LogP contribution is -1.99. The van der Waals surface area contributed by atoms with Crippen molar-refractivity contribution in [3.8, 4) is 22.4 Å². The fourth-order valence-electron chi connectivity index (χ4n) is 3.61. The second-order valence-corrected chi connectivity index (χ2v) is 7.48. The first-order chi connectivity index (χ1) is 13.8. The third kappa shape index (κ3) is 2.10. The highest BCUT2D eigenvalue weighted by molar-refractivity contribution is 7.26. The standard InChI is InChI=1S/C21H12N4O2S/c26-21-22-16-18-17(27-19(16)23-21)14-13(11-7-3-1-4-8-11)15(24-25-20(14)28-18)12-9-5-2-6-10-12/h1-10H,(H2,22,23,26). The summed E-state index contributed by atoms with van der Waals surface area (Å²) < 4.78 is 6.90. The van der Waals surface area contributed by atoms with E-state index in [2.05, 4.69) is 32.3 Å². The van der Waals surface area contributed by atoms with Gasteiger partial charge >= 0.3 is 5.69 Å². The fraction of sp³-hybridized carbons (Fsp3) is 0. The van der Waals surface area contributed by atoms with Crippen LogP contribution in [0.2, 0.25) is 0 Å². The minimum absolute atomic E-state index is 0.285. The molecule has 0 atom stereocenters. The van der Waals surface area contributed by atoms with Crippen LogP contribution < -0.4 is 5.69 Å². The first kappa shape index (κ1) is 15.4. The zero-order chi connectivity index (χ0) is 18.7. The highest BCUT2D eigenvalue weighted by Crippen LogP contribution is 2.45. The van der Waals surface area contributed by atoms with E-state index in [1.54, 1.807) is 0 Å². The van der Waals surface area contributed by atoms with Crippen LogP contribution in [-0.4, -0.2) is 20.2 Å². The average molecular weight is 384 g/mol. The number of hydrogen-bond donors (Lipinski definition) is 2. The first-order valence-electron chi connectivity index (χ1n) is 8.74. The number of imidazole rings is 1. The van der Waals surface area contributed by atoms with Crippen LogP contribution in [-0.2, 0) is 0 Å². The second-order valence-electron chi connectivity index (χ2n) is 6.48. The van der Waals surface area contributed by atoms with Gasteiger partial charge in [-0.3, -0.25) is 4.98 Å². The summed E-state index contributed by atoms with van der Waals surface area (Å²) in [6.07, 6.45) is 0. The fourth-order valence-corrected chi connectivity index (χ4v) is 4.66. The molecule has 0 fully saturated rings. The zero-order valence-corrected chi connectivity index (χ0v) is 15.2. The van der Waals surface area contributed by atoms with Gasteiger partial charge in [0, 0.05) is 11.1 Å². The maximum absolute atomic E-state index is 11.6. The molecule has 0 amide bonds. The molecular formula is C21H12N4O2S. The molecule has 6 aromatic rings. The van der Waals surface area contributed by atoms with Gasteiger partial charge in [0.1, 0.15) is 15.9 Å². The zero-order valence-electron chi connectivity index (χ0n) is 14.4. The molecule has 6 nitrogen and oxygen atoms in total. The Balaban J connectivity index is 1.81. The van der Waals surface area contributed by atoms with Crippen LogP contribution in [0.5, 0.6) is 0 Å². The monoisotopic (exact) mass is 384 g/mol. The summed E-state index contributed by atoms with van der Waals surface area (Å²) in [6.45, 7) is 0. The Hall–Kier alpha value is -3.71. The molecule has 0 unspecified atom stereocenters. The minimum atomic E-state index is -0.285. The lowest BCUT2D eigenvalue weighted by molar-refractivity contribution is 0.658. The van der Waals surface area contributed by atoms with Crippen molar-refractivity contribution < 1.29 is 4.42 Å². The van der Waals surface area contributed by atoms with Gasteiger partial charge in [0.25, 0.3) is 0 Å². The maximum atomic E-state index is 11.6. The number of nitrogens with zero attached hydrogens (tertiary/aromatic N) is 2. The molecule has 2 aromatic carbocycles. The second kappa shape index (κ2) is 5.64. The Labute approximate surface area is 161 Å². The van der Waals surface area contributed by atoms with E-state index in [0.717, 1.165) is 37.3 Å². The van der Waals surface area contributed by atoms with E-state index in [1.807, 2.05) is 48.5 Å². The summed E-state index contributed by atoms with van der Waals surface area (Å²) in [5.74, 6) is 0. The summed E-state index contributed by atoms with van der Waals surface area (Å²) in [5.41, 5.74) is 5.34. The van der Waals surface area contributed by atoms with Crippen molar-refractivity contribution in [3.05, 3.63) is 71.1 Å². The number of benzene rings is 2. The van der Waals surface area contributed by atoms with E-state index in [-0.39, 0.29) is 5.69 Å². The van der Waals surface area contributed by atoms with E-state index in [1.165, 1.54) is 11.3 Å². The number of thiophene rings is 1. The van der Waals surface area contributed by atoms with Crippen molar-refractivity contribution in [2.24, 2.45) is 0 Å². The van der Waals surface area contributed by atoms with E-state index >= 15 is 0 Å². The van der Waals surface area contributed by atoms with Crippen LogP contribution in [0.1, 0.15) is 0 Å². The highest BCUT2D eigenvalue weighted by atomic mass is 32.1. The molecule has 0 spiro atoms. The summed E-state index contributed by atoms with van der Waals surface area (Å²) >= 11 is 1.47. The Morgan fingerprint density at radius 3 is 2.32 bits per heavy atom. The number of rotatable bonds is 2. The number of aromatic nitrogens is 4. The van der Waals surface area contributed by atoms with Crippen LogP contribution in [0.25, 0.3) is 54.1 Å². The van der Waals surface area contributed by atoms with Crippen molar-refractivity contribution in [1.82, 2.24) is 20.2 Å². The van der Waals surface area contributed by atoms with E-state index < -0.39 is 0 Å². The molecule has 0 saturated heterocycles. The third-order valence-electron chi connectivity index (χ3n) is 4.81. The smallest absolute Gasteiger partial charge is 0.326 e. The topological polar surface area (TPSA) is 87.6 Å². The van der Waals surface area contributed by atoms with Crippen LogP contribution in [0.15, 0.2) is 69.9 Å². The summed E-state index contributed by atoms with van der Waals surface area (Å²) in [4.78, 5) is 17.9. The maximum Gasteiger partial charge on any atom is 0.326 e.